The Balaban J connectivity index is 1.77. The molecule has 0 radical (unpaired) electrons. The van der Waals surface area contributed by atoms with Gasteiger partial charge in [-0.2, -0.15) is 5.10 Å². The minimum absolute atomic E-state index is 0.0772. The summed E-state index contributed by atoms with van der Waals surface area (Å²) in [5.74, 6) is 1.33. The quantitative estimate of drug-likeness (QED) is 0.714. The standard InChI is InChI=1S/C15H15N3O3/c1-20-12-4-2-3-5-13(12)21-11-10-17-14-6-8-16-18(14)9-7-15(17)19/h2-9H,10-11H2,1H3. The molecule has 3 aromatic rings. The van der Waals surface area contributed by atoms with Crippen LogP contribution in [0.15, 0.2) is 53.6 Å². The summed E-state index contributed by atoms with van der Waals surface area (Å²) < 4.78 is 14.2. The van der Waals surface area contributed by atoms with Crippen LogP contribution in [0.4, 0.5) is 0 Å². The summed E-state index contributed by atoms with van der Waals surface area (Å²) in [5, 5.41) is 4.11. The topological polar surface area (TPSA) is 57.8 Å². The molecule has 6 nitrogen and oxygen atoms in total. The zero-order chi connectivity index (χ0) is 14.7. The maximum Gasteiger partial charge on any atom is 0.253 e. The second-order valence-electron chi connectivity index (χ2n) is 4.44. The molecule has 2 aromatic heterocycles. The molecule has 0 aliphatic heterocycles. The minimum Gasteiger partial charge on any atom is -0.493 e. The molecule has 0 aliphatic rings. The van der Waals surface area contributed by atoms with E-state index in [4.69, 9.17) is 9.47 Å². The Hall–Kier alpha value is -2.76. The predicted molar refractivity (Wildman–Crippen MR) is 77.9 cm³/mol. The fourth-order valence-corrected chi connectivity index (χ4v) is 2.18. The van der Waals surface area contributed by atoms with Crippen molar-refractivity contribution in [3.63, 3.8) is 0 Å². The number of aromatic nitrogens is 3. The third kappa shape index (κ3) is 2.60. The molecular weight excluding hydrogens is 270 g/mol. The lowest BCUT2D eigenvalue weighted by atomic mass is 10.3. The maximum absolute atomic E-state index is 11.9. The van der Waals surface area contributed by atoms with Gasteiger partial charge in [0.05, 0.1) is 19.9 Å². The Bertz CT molecular complexity index is 807. The fraction of sp³-hybridized carbons (Fsp3) is 0.200. The second kappa shape index (κ2) is 5.70. The van der Waals surface area contributed by atoms with Crippen LogP contribution < -0.4 is 15.0 Å². The van der Waals surface area contributed by atoms with Crippen LogP contribution >= 0.6 is 0 Å². The average molecular weight is 285 g/mol. The zero-order valence-electron chi connectivity index (χ0n) is 11.6. The van der Waals surface area contributed by atoms with Gasteiger partial charge in [0.1, 0.15) is 12.3 Å². The van der Waals surface area contributed by atoms with Gasteiger partial charge in [0.15, 0.2) is 11.5 Å². The molecule has 0 saturated heterocycles. The highest BCUT2D eigenvalue weighted by Gasteiger charge is 2.05. The molecule has 0 aliphatic carbocycles. The van der Waals surface area contributed by atoms with Gasteiger partial charge in [0, 0.05) is 18.3 Å². The van der Waals surface area contributed by atoms with Crippen LogP contribution in [-0.4, -0.2) is 27.9 Å². The van der Waals surface area contributed by atoms with Crippen molar-refractivity contribution in [3.8, 4) is 11.5 Å². The number of benzene rings is 1. The first-order chi connectivity index (χ1) is 10.3. The van der Waals surface area contributed by atoms with E-state index in [2.05, 4.69) is 5.10 Å². The Morgan fingerprint density at radius 2 is 1.95 bits per heavy atom. The maximum atomic E-state index is 11.9. The van der Waals surface area contributed by atoms with Gasteiger partial charge < -0.3 is 9.47 Å². The number of rotatable bonds is 5. The molecule has 0 fully saturated rings. The smallest absolute Gasteiger partial charge is 0.253 e. The zero-order valence-corrected chi connectivity index (χ0v) is 11.6. The second-order valence-corrected chi connectivity index (χ2v) is 4.44. The van der Waals surface area contributed by atoms with E-state index in [0.717, 1.165) is 5.65 Å². The lowest BCUT2D eigenvalue weighted by Gasteiger charge is -2.11. The van der Waals surface area contributed by atoms with Crippen LogP contribution in [0.2, 0.25) is 0 Å². The fourth-order valence-electron chi connectivity index (χ4n) is 2.18. The summed E-state index contributed by atoms with van der Waals surface area (Å²) in [6.45, 7) is 0.804. The summed E-state index contributed by atoms with van der Waals surface area (Å²) in [4.78, 5) is 11.9. The highest BCUT2D eigenvalue weighted by Crippen LogP contribution is 2.25. The van der Waals surface area contributed by atoms with Crippen molar-refractivity contribution in [2.24, 2.45) is 0 Å². The van der Waals surface area contributed by atoms with E-state index in [0.29, 0.717) is 24.7 Å². The Morgan fingerprint density at radius 3 is 2.76 bits per heavy atom. The summed E-state index contributed by atoms with van der Waals surface area (Å²) in [7, 11) is 1.60. The molecule has 0 amide bonds. The van der Waals surface area contributed by atoms with Crippen molar-refractivity contribution in [3.05, 3.63) is 59.1 Å². The highest BCUT2D eigenvalue weighted by atomic mass is 16.5. The van der Waals surface area contributed by atoms with Gasteiger partial charge in [0.2, 0.25) is 0 Å². The van der Waals surface area contributed by atoms with Crippen LogP contribution in [-0.2, 0) is 6.54 Å². The summed E-state index contributed by atoms with van der Waals surface area (Å²) in [6.07, 6.45) is 3.31. The first-order valence-electron chi connectivity index (χ1n) is 6.58. The third-order valence-corrected chi connectivity index (χ3v) is 3.19. The normalized spacial score (nSPS) is 10.7. The predicted octanol–water partition coefficient (Wildman–Crippen LogP) is 1.58. The molecule has 0 saturated carbocycles. The van der Waals surface area contributed by atoms with Crippen LogP contribution in [0.5, 0.6) is 11.5 Å². The summed E-state index contributed by atoms with van der Waals surface area (Å²) in [6, 6.07) is 10.7. The van der Waals surface area contributed by atoms with Gasteiger partial charge in [-0.25, -0.2) is 4.52 Å². The van der Waals surface area contributed by atoms with Crippen LogP contribution in [0.1, 0.15) is 0 Å². The lowest BCUT2D eigenvalue weighted by Crippen LogP contribution is -2.24. The molecule has 0 bridgehead atoms. The summed E-state index contributed by atoms with van der Waals surface area (Å²) in [5.41, 5.74) is 0.665. The van der Waals surface area contributed by atoms with Crippen molar-refractivity contribution in [2.75, 3.05) is 13.7 Å². The number of fused-ring (bicyclic) bond motifs is 1. The number of ether oxygens (including phenoxy) is 2. The number of nitrogens with zero attached hydrogens (tertiary/aromatic N) is 3. The van der Waals surface area contributed by atoms with Crippen LogP contribution in [0, 0.1) is 0 Å². The number of para-hydroxylation sites is 2. The van der Waals surface area contributed by atoms with Crippen LogP contribution in [0.25, 0.3) is 5.65 Å². The molecular formula is C15H15N3O3. The largest absolute Gasteiger partial charge is 0.493 e. The highest BCUT2D eigenvalue weighted by molar-refractivity contribution is 5.39. The molecule has 0 spiro atoms. The third-order valence-electron chi connectivity index (χ3n) is 3.19. The van der Waals surface area contributed by atoms with E-state index in [9.17, 15) is 4.79 Å². The molecule has 21 heavy (non-hydrogen) atoms. The van der Waals surface area contributed by atoms with E-state index < -0.39 is 0 Å². The molecule has 0 N–H and O–H groups in total. The molecule has 1 aromatic carbocycles. The van der Waals surface area contributed by atoms with Crippen LogP contribution in [0.3, 0.4) is 0 Å². The van der Waals surface area contributed by atoms with Gasteiger partial charge in [-0.05, 0) is 12.1 Å². The number of hydrogen-bond donors (Lipinski definition) is 0. The molecule has 108 valence electrons. The number of hydrogen-bond acceptors (Lipinski definition) is 4. The Labute approximate surface area is 121 Å². The van der Waals surface area contributed by atoms with Crippen molar-refractivity contribution in [2.45, 2.75) is 6.54 Å². The van der Waals surface area contributed by atoms with Gasteiger partial charge >= 0.3 is 0 Å². The first kappa shape index (κ1) is 13.2. The van der Waals surface area contributed by atoms with Crippen molar-refractivity contribution >= 4 is 5.65 Å². The van der Waals surface area contributed by atoms with E-state index in [-0.39, 0.29) is 5.56 Å². The van der Waals surface area contributed by atoms with Gasteiger partial charge in [-0.3, -0.25) is 9.36 Å². The monoisotopic (exact) mass is 285 g/mol. The molecule has 0 atom stereocenters. The molecule has 0 unspecified atom stereocenters. The first-order valence-corrected chi connectivity index (χ1v) is 6.58. The SMILES string of the molecule is COc1ccccc1OCCn1c(=O)ccn2nccc12. The van der Waals surface area contributed by atoms with E-state index in [1.807, 2.05) is 24.3 Å². The molecule has 6 heteroatoms. The molecule has 2 heterocycles. The average Bonchev–Trinajstić information content (AvgIpc) is 2.98. The van der Waals surface area contributed by atoms with Gasteiger partial charge in [0.25, 0.3) is 5.56 Å². The van der Waals surface area contributed by atoms with Crippen molar-refractivity contribution in [1.29, 1.82) is 0 Å². The number of methoxy groups -OCH3 is 1. The van der Waals surface area contributed by atoms with E-state index in [1.54, 1.807) is 34.7 Å². The molecule has 3 rings (SSSR count). The van der Waals surface area contributed by atoms with Crippen molar-refractivity contribution < 1.29 is 9.47 Å². The van der Waals surface area contributed by atoms with Gasteiger partial charge in [-0.15, -0.1) is 0 Å². The van der Waals surface area contributed by atoms with Gasteiger partial charge in [-0.1, -0.05) is 12.1 Å². The Kier molecular flexibility index (Phi) is 3.59. The summed E-state index contributed by atoms with van der Waals surface area (Å²) >= 11 is 0. The minimum atomic E-state index is -0.0772. The van der Waals surface area contributed by atoms with Crippen molar-refractivity contribution in [1.82, 2.24) is 14.2 Å². The van der Waals surface area contributed by atoms with E-state index >= 15 is 0 Å². The van der Waals surface area contributed by atoms with E-state index in [1.165, 1.54) is 6.07 Å². The lowest BCUT2D eigenvalue weighted by molar-refractivity contribution is 0.279. The Morgan fingerprint density at radius 1 is 1.14 bits per heavy atom.